The summed E-state index contributed by atoms with van der Waals surface area (Å²) in [6.45, 7) is 5.48. The van der Waals surface area contributed by atoms with E-state index in [-0.39, 0.29) is 5.91 Å². The molecule has 0 saturated heterocycles. The number of rotatable bonds is 2. The summed E-state index contributed by atoms with van der Waals surface area (Å²) < 4.78 is 1.90. The van der Waals surface area contributed by atoms with Crippen LogP contribution < -0.4 is 4.90 Å². The third-order valence-corrected chi connectivity index (χ3v) is 3.69. The van der Waals surface area contributed by atoms with Crippen molar-refractivity contribution in [2.45, 2.75) is 20.8 Å². The Bertz CT molecular complexity index is 875. The highest BCUT2D eigenvalue weighted by atomic mass is 35.5. The maximum atomic E-state index is 11.5. The van der Waals surface area contributed by atoms with Crippen molar-refractivity contribution in [2.75, 3.05) is 11.9 Å². The summed E-state index contributed by atoms with van der Waals surface area (Å²) in [4.78, 5) is 25.9. The number of hydrogen-bond donors (Lipinski definition) is 0. The molecular weight excluding hydrogens is 326 g/mol. The van der Waals surface area contributed by atoms with Gasteiger partial charge in [0.05, 0.1) is 0 Å². The lowest BCUT2D eigenvalue weighted by Gasteiger charge is -2.15. The first-order valence-corrected chi connectivity index (χ1v) is 8.03. The van der Waals surface area contributed by atoms with E-state index in [1.165, 1.54) is 11.8 Å². The molecule has 24 heavy (non-hydrogen) atoms. The summed E-state index contributed by atoms with van der Waals surface area (Å²) in [6.07, 6.45) is 5.24. The molecule has 0 fully saturated rings. The summed E-state index contributed by atoms with van der Waals surface area (Å²) in [5.74, 6) is 0.384. The Kier molecular flexibility index (Phi) is 5.51. The van der Waals surface area contributed by atoms with Gasteiger partial charge in [-0.25, -0.2) is 9.97 Å². The predicted molar refractivity (Wildman–Crippen MR) is 97.2 cm³/mol. The van der Waals surface area contributed by atoms with Crippen LogP contribution in [0.15, 0.2) is 30.7 Å². The van der Waals surface area contributed by atoms with E-state index in [1.54, 1.807) is 25.5 Å². The van der Waals surface area contributed by atoms with Crippen molar-refractivity contribution in [1.82, 2.24) is 19.5 Å². The number of aromatic nitrogens is 4. The third kappa shape index (κ3) is 3.38. The Morgan fingerprint density at radius 1 is 1.21 bits per heavy atom. The van der Waals surface area contributed by atoms with Crippen LogP contribution in [-0.4, -0.2) is 32.5 Å². The summed E-state index contributed by atoms with van der Waals surface area (Å²) in [7, 11) is 3.57. The van der Waals surface area contributed by atoms with Gasteiger partial charge in [-0.3, -0.25) is 9.78 Å². The summed E-state index contributed by atoms with van der Waals surface area (Å²) in [6, 6.07) is 3.57. The van der Waals surface area contributed by atoms with Crippen LogP contribution in [0.3, 0.4) is 0 Å². The van der Waals surface area contributed by atoms with Crippen molar-refractivity contribution >= 4 is 34.5 Å². The van der Waals surface area contributed by atoms with E-state index >= 15 is 0 Å². The van der Waals surface area contributed by atoms with Gasteiger partial charge in [0.2, 0.25) is 5.91 Å². The van der Waals surface area contributed by atoms with Crippen molar-refractivity contribution in [3.05, 3.63) is 35.9 Å². The topological polar surface area (TPSA) is 63.9 Å². The standard InChI is InChI=1S/C15H14ClN5O.C2H6/c1-9(22)21(3)13-7-10(6-12(16)19-13)11-8-20(2)15-14(11)17-4-5-18-15;1-2/h4-8H,1-3H3;1-2H3. The molecule has 0 saturated carbocycles. The van der Waals surface area contributed by atoms with Crippen molar-refractivity contribution in [1.29, 1.82) is 0 Å². The van der Waals surface area contributed by atoms with Crippen molar-refractivity contribution < 1.29 is 4.79 Å². The second kappa shape index (κ2) is 7.40. The third-order valence-electron chi connectivity index (χ3n) is 3.50. The van der Waals surface area contributed by atoms with Crippen LogP contribution in [-0.2, 0) is 11.8 Å². The van der Waals surface area contributed by atoms with Crippen LogP contribution in [0.4, 0.5) is 5.82 Å². The summed E-state index contributed by atoms with van der Waals surface area (Å²) in [5, 5.41) is 0.321. The molecule has 0 spiro atoms. The first-order chi connectivity index (χ1) is 11.5. The maximum Gasteiger partial charge on any atom is 0.224 e. The van der Waals surface area contributed by atoms with Crippen molar-refractivity contribution in [3.8, 4) is 11.1 Å². The first kappa shape index (κ1) is 17.9. The van der Waals surface area contributed by atoms with Crippen LogP contribution in [0.5, 0.6) is 0 Å². The fourth-order valence-corrected chi connectivity index (χ4v) is 2.48. The first-order valence-electron chi connectivity index (χ1n) is 7.65. The number of anilines is 1. The molecule has 6 nitrogen and oxygen atoms in total. The zero-order valence-corrected chi connectivity index (χ0v) is 15.2. The SMILES string of the molecule is CC.CC(=O)N(C)c1cc(-c2cn(C)c3nccnc23)cc(Cl)n1. The highest BCUT2D eigenvalue weighted by Gasteiger charge is 2.15. The second-order valence-electron chi connectivity index (χ2n) is 5.00. The lowest BCUT2D eigenvalue weighted by molar-refractivity contribution is -0.116. The molecule has 0 unspecified atom stereocenters. The van der Waals surface area contributed by atoms with E-state index in [9.17, 15) is 4.79 Å². The minimum atomic E-state index is -0.113. The van der Waals surface area contributed by atoms with Crippen LogP contribution in [0.1, 0.15) is 20.8 Å². The highest BCUT2D eigenvalue weighted by molar-refractivity contribution is 6.30. The molecule has 0 atom stereocenters. The predicted octanol–water partition coefficient (Wildman–Crippen LogP) is 3.69. The van der Waals surface area contributed by atoms with E-state index in [1.807, 2.05) is 37.7 Å². The van der Waals surface area contributed by atoms with Crippen molar-refractivity contribution in [3.63, 3.8) is 0 Å². The number of pyridine rings is 1. The number of nitrogens with zero attached hydrogens (tertiary/aromatic N) is 5. The number of carbonyl (C=O) groups excluding carboxylic acids is 1. The fourth-order valence-electron chi connectivity index (χ4n) is 2.28. The molecule has 1 amide bonds. The van der Waals surface area contributed by atoms with Gasteiger partial charge in [0.1, 0.15) is 16.5 Å². The Morgan fingerprint density at radius 3 is 2.54 bits per heavy atom. The smallest absolute Gasteiger partial charge is 0.224 e. The molecule has 126 valence electrons. The highest BCUT2D eigenvalue weighted by Crippen LogP contribution is 2.31. The number of fused-ring (bicyclic) bond motifs is 1. The van der Waals surface area contributed by atoms with Crippen LogP contribution in [0.2, 0.25) is 5.15 Å². The fraction of sp³-hybridized carbons (Fsp3) is 0.294. The Balaban J connectivity index is 0.00000100. The maximum absolute atomic E-state index is 11.5. The summed E-state index contributed by atoms with van der Waals surface area (Å²) >= 11 is 6.11. The molecule has 0 aliphatic heterocycles. The monoisotopic (exact) mass is 345 g/mol. The van der Waals surface area contributed by atoms with Gasteiger partial charge in [-0.15, -0.1) is 0 Å². The zero-order valence-electron chi connectivity index (χ0n) is 14.4. The molecule has 7 heteroatoms. The molecule has 0 aliphatic rings. The molecule has 0 aliphatic carbocycles. The molecule has 0 aromatic carbocycles. The molecule has 0 radical (unpaired) electrons. The van der Waals surface area contributed by atoms with Gasteiger partial charge in [-0.1, -0.05) is 25.4 Å². The van der Waals surface area contributed by atoms with E-state index in [2.05, 4.69) is 15.0 Å². The van der Waals surface area contributed by atoms with Crippen LogP contribution in [0, 0.1) is 0 Å². The molecule has 3 rings (SSSR count). The number of aryl methyl sites for hydroxylation is 1. The van der Waals surface area contributed by atoms with Crippen LogP contribution in [0.25, 0.3) is 22.3 Å². The molecule has 0 bridgehead atoms. The van der Waals surface area contributed by atoms with Gasteiger partial charge in [0, 0.05) is 45.2 Å². The van der Waals surface area contributed by atoms with Gasteiger partial charge in [0.15, 0.2) is 5.65 Å². The number of hydrogen-bond acceptors (Lipinski definition) is 4. The average Bonchev–Trinajstić information content (AvgIpc) is 2.93. The zero-order chi connectivity index (χ0) is 17.9. The number of halogens is 1. The minimum Gasteiger partial charge on any atom is -0.334 e. The lowest BCUT2D eigenvalue weighted by atomic mass is 10.1. The Morgan fingerprint density at radius 2 is 1.88 bits per heavy atom. The second-order valence-corrected chi connectivity index (χ2v) is 5.38. The summed E-state index contributed by atoms with van der Waals surface area (Å²) in [5.41, 5.74) is 3.30. The van der Waals surface area contributed by atoms with Gasteiger partial charge in [-0.05, 0) is 17.7 Å². The number of amides is 1. The quantitative estimate of drug-likeness (QED) is 0.664. The van der Waals surface area contributed by atoms with E-state index in [0.717, 1.165) is 22.3 Å². The van der Waals surface area contributed by atoms with Crippen LogP contribution >= 0.6 is 11.6 Å². The van der Waals surface area contributed by atoms with E-state index in [0.29, 0.717) is 11.0 Å². The molecule has 3 heterocycles. The Labute approximate surface area is 146 Å². The average molecular weight is 346 g/mol. The van der Waals surface area contributed by atoms with Gasteiger partial charge < -0.3 is 9.47 Å². The molecular formula is C17H20ClN5O. The van der Waals surface area contributed by atoms with Crippen molar-refractivity contribution in [2.24, 2.45) is 7.05 Å². The Hall–Kier alpha value is -2.47. The largest absolute Gasteiger partial charge is 0.334 e. The molecule has 0 N–H and O–H groups in total. The van der Waals surface area contributed by atoms with E-state index in [4.69, 9.17) is 11.6 Å². The van der Waals surface area contributed by atoms with E-state index < -0.39 is 0 Å². The normalized spacial score (nSPS) is 10.2. The molecule has 3 aromatic rings. The van der Waals surface area contributed by atoms with Gasteiger partial charge >= 0.3 is 0 Å². The molecule has 3 aromatic heterocycles. The van der Waals surface area contributed by atoms with Gasteiger partial charge in [0.25, 0.3) is 0 Å². The lowest BCUT2D eigenvalue weighted by Crippen LogP contribution is -2.23. The number of carbonyl (C=O) groups is 1. The minimum absolute atomic E-state index is 0.113. The van der Waals surface area contributed by atoms with Gasteiger partial charge in [-0.2, -0.15) is 0 Å².